The van der Waals surface area contributed by atoms with Crippen LogP contribution in [0.3, 0.4) is 0 Å². The van der Waals surface area contributed by atoms with Crippen LogP contribution >= 0.6 is 0 Å². The predicted molar refractivity (Wildman–Crippen MR) is 90.5 cm³/mol. The molecule has 0 saturated heterocycles. The van der Waals surface area contributed by atoms with Crippen molar-refractivity contribution in [2.45, 2.75) is 13.3 Å². The molecular formula is C18H21NO4. The fourth-order valence-corrected chi connectivity index (χ4v) is 1.94. The number of carboxylic acid groups (broad SMARTS) is 2. The van der Waals surface area contributed by atoms with Crippen molar-refractivity contribution in [1.82, 2.24) is 0 Å². The van der Waals surface area contributed by atoms with Crippen molar-refractivity contribution in [2.75, 3.05) is 19.0 Å². The fourth-order valence-electron chi connectivity index (χ4n) is 1.94. The van der Waals surface area contributed by atoms with Crippen molar-refractivity contribution in [3.05, 3.63) is 65.2 Å². The first-order valence-corrected chi connectivity index (χ1v) is 7.18. The summed E-state index contributed by atoms with van der Waals surface area (Å²) in [5.74, 6) is -1.73. The summed E-state index contributed by atoms with van der Waals surface area (Å²) in [6.07, 6.45) is 0.766. The third kappa shape index (κ3) is 5.47. The molecule has 122 valence electrons. The van der Waals surface area contributed by atoms with Crippen LogP contribution in [0.25, 0.3) is 0 Å². The number of nitrogens with zero attached hydrogens (tertiary/aromatic N) is 1. The first-order valence-electron chi connectivity index (χ1n) is 7.18. The van der Waals surface area contributed by atoms with Crippen LogP contribution in [0.1, 0.15) is 33.2 Å². The van der Waals surface area contributed by atoms with Crippen LogP contribution in [0.2, 0.25) is 0 Å². The summed E-state index contributed by atoms with van der Waals surface area (Å²) in [4.78, 5) is 23.0. The number of rotatable bonds is 4. The number of aromatic carboxylic acids is 2. The molecule has 0 amide bonds. The number of benzene rings is 2. The molecule has 0 fully saturated rings. The summed E-state index contributed by atoms with van der Waals surface area (Å²) < 4.78 is 0. The Hall–Kier alpha value is -2.82. The van der Waals surface area contributed by atoms with Gasteiger partial charge in [0.25, 0.3) is 0 Å². The molecule has 0 aliphatic heterocycles. The molecular weight excluding hydrogens is 294 g/mol. The Kier molecular flexibility index (Phi) is 6.80. The molecule has 2 rings (SSSR count). The summed E-state index contributed by atoms with van der Waals surface area (Å²) in [6, 6.07) is 13.8. The van der Waals surface area contributed by atoms with Crippen molar-refractivity contribution in [3.8, 4) is 0 Å². The summed E-state index contributed by atoms with van der Waals surface area (Å²) >= 11 is 0. The van der Waals surface area contributed by atoms with Crippen molar-refractivity contribution >= 4 is 17.6 Å². The SMILES string of the molecule is CCc1ccccc1C(=O)O.CN(C)c1ccc(C(=O)O)cc1. The molecule has 0 saturated carbocycles. The number of hydrogen-bond donors (Lipinski definition) is 2. The zero-order valence-electron chi connectivity index (χ0n) is 13.5. The Bertz CT molecular complexity index is 663. The lowest BCUT2D eigenvalue weighted by Gasteiger charge is -2.11. The molecule has 23 heavy (non-hydrogen) atoms. The average Bonchev–Trinajstić information content (AvgIpc) is 2.55. The van der Waals surface area contributed by atoms with Crippen LogP contribution in [0.15, 0.2) is 48.5 Å². The molecule has 0 radical (unpaired) electrons. The van der Waals surface area contributed by atoms with Crippen LogP contribution in [-0.4, -0.2) is 36.2 Å². The molecule has 0 atom stereocenters. The van der Waals surface area contributed by atoms with E-state index in [4.69, 9.17) is 10.2 Å². The Morgan fingerprint density at radius 2 is 1.48 bits per heavy atom. The van der Waals surface area contributed by atoms with E-state index in [1.165, 1.54) is 0 Å². The molecule has 0 unspecified atom stereocenters. The monoisotopic (exact) mass is 315 g/mol. The zero-order valence-corrected chi connectivity index (χ0v) is 13.5. The maximum atomic E-state index is 10.6. The van der Waals surface area contributed by atoms with E-state index in [2.05, 4.69) is 0 Å². The molecule has 0 spiro atoms. The minimum atomic E-state index is -0.889. The molecule has 2 aromatic carbocycles. The van der Waals surface area contributed by atoms with Gasteiger partial charge in [-0.3, -0.25) is 0 Å². The molecule has 0 heterocycles. The molecule has 0 aliphatic carbocycles. The summed E-state index contributed by atoms with van der Waals surface area (Å²) in [6.45, 7) is 1.95. The van der Waals surface area contributed by atoms with Crippen molar-refractivity contribution in [2.24, 2.45) is 0 Å². The minimum Gasteiger partial charge on any atom is -0.478 e. The van der Waals surface area contributed by atoms with Gasteiger partial charge in [0.2, 0.25) is 0 Å². The Morgan fingerprint density at radius 1 is 0.913 bits per heavy atom. The minimum absolute atomic E-state index is 0.320. The fraction of sp³-hybridized carbons (Fsp3) is 0.222. The van der Waals surface area contributed by atoms with Crippen LogP contribution in [0, 0.1) is 0 Å². The molecule has 2 aromatic rings. The van der Waals surface area contributed by atoms with Crippen LogP contribution in [0.5, 0.6) is 0 Å². The van der Waals surface area contributed by atoms with E-state index in [1.807, 2.05) is 38.1 Å². The second-order valence-corrected chi connectivity index (χ2v) is 5.06. The van der Waals surface area contributed by atoms with Gasteiger partial charge in [-0.25, -0.2) is 9.59 Å². The van der Waals surface area contributed by atoms with E-state index >= 15 is 0 Å². The van der Waals surface area contributed by atoms with Gasteiger partial charge in [-0.2, -0.15) is 0 Å². The highest BCUT2D eigenvalue weighted by molar-refractivity contribution is 5.89. The summed E-state index contributed by atoms with van der Waals surface area (Å²) in [7, 11) is 3.82. The lowest BCUT2D eigenvalue weighted by molar-refractivity contribution is 0.0685. The number of anilines is 1. The third-order valence-corrected chi connectivity index (χ3v) is 3.26. The van der Waals surface area contributed by atoms with Crippen LogP contribution in [-0.2, 0) is 6.42 Å². The van der Waals surface area contributed by atoms with Crippen molar-refractivity contribution < 1.29 is 19.8 Å². The quantitative estimate of drug-likeness (QED) is 0.904. The van der Waals surface area contributed by atoms with E-state index in [-0.39, 0.29) is 0 Å². The molecule has 0 bridgehead atoms. The van der Waals surface area contributed by atoms with E-state index in [1.54, 1.807) is 36.4 Å². The Labute approximate surface area is 135 Å². The van der Waals surface area contributed by atoms with Crippen molar-refractivity contribution in [3.63, 3.8) is 0 Å². The summed E-state index contributed by atoms with van der Waals surface area (Å²) in [5.41, 5.74) is 2.62. The van der Waals surface area contributed by atoms with E-state index < -0.39 is 11.9 Å². The molecule has 5 nitrogen and oxygen atoms in total. The van der Waals surface area contributed by atoms with Gasteiger partial charge in [0, 0.05) is 19.8 Å². The Morgan fingerprint density at radius 3 is 1.87 bits per heavy atom. The number of carboxylic acids is 2. The van der Waals surface area contributed by atoms with Gasteiger partial charge < -0.3 is 15.1 Å². The van der Waals surface area contributed by atoms with Gasteiger partial charge in [0.1, 0.15) is 0 Å². The molecule has 0 aliphatic rings. The van der Waals surface area contributed by atoms with Gasteiger partial charge in [-0.05, 0) is 42.3 Å². The average molecular weight is 315 g/mol. The lowest BCUT2D eigenvalue weighted by atomic mass is 10.1. The predicted octanol–water partition coefficient (Wildman–Crippen LogP) is 3.40. The van der Waals surface area contributed by atoms with Crippen molar-refractivity contribution in [1.29, 1.82) is 0 Å². The normalized spacial score (nSPS) is 9.52. The lowest BCUT2D eigenvalue weighted by Crippen LogP contribution is -2.08. The largest absolute Gasteiger partial charge is 0.478 e. The smallest absolute Gasteiger partial charge is 0.335 e. The van der Waals surface area contributed by atoms with Gasteiger partial charge in [0.15, 0.2) is 0 Å². The van der Waals surface area contributed by atoms with Crippen LogP contribution < -0.4 is 4.90 Å². The third-order valence-electron chi connectivity index (χ3n) is 3.26. The highest BCUT2D eigenvalue weighted by atomic mass is 16.4. The maximum Gasteiger partial charge on any atom is 0.335 e. The standard InChI is InChI=1S/C9H11NO2.C9H10O2/c1-10(2)8-5-3-7(4-6-8)9(11)12;1-2-7-5-3-4-6-8(7)9(10)11/h3-6H,1-2H3,(H,11,12);3-6H,2H2,1H3,(H,10,11). The van der Waals surface area contributed by atoms with Gasteiger partial charge in [-0.15, -0.1) is 0 Å². The molecule has 2 N–H and O–H groups in total. The maximum absolute atomic E-state index is 10.6. The highest BCUT2D eigenvalue weighted by Gasteiger charge is 2.05. The first kappa shape index (κ1) is 18.2. The van der Waals surface area contributed by atoms with E-state index in [0.29, 0.717) is 11.1 Å². The van der Waals surface area contributed by atoms with Gasteiger partial charge in [-0.1, -0.05) is 25.1 Å². The second kappa shape index (κ2) is 8.58. The van der Waals surface area contributed by atoms with Gasteiger partial charge >= 0.3 is 11.9 Å². The van der Waals surface area contributed by atoms with E-state index in [0.717, 1.165) is 17.7 Å². The first-order chi connectivity index (χ1) is 10.9. The van der Waals surface area contributed by atoms with Crippen LogP contribution in [0.4, 0.5) is 5.69 Å². The highest BCUT2D eigenvalue weighted by Crippen LogP contribution is 2.11. The van der Waals surface area contributed by atoms with Gasteiger partial charge in [0.05, 0.1) is 11.1 Å². The number of hydrogen-bond acceptors (Lipinski definition) is 3. The topological polar surface area (TPSA) is 77.8 Å². The zero-order chi connectivity index (χ0) is 17.4. The second-order valence-electron chi connectivity index (χ2n) is 5.06. The number of aryl methyl sites for hydroxylation is 1. The molecule has 5 heteroatoms. The molecule has 0 aromatic heterocycles. The number of carbonyl (C=O) groups is 2. The Balaban J connectivity index is 0.000000231. The summed E-state index contributed by atoms with van der Waals surface area (Å²) in [5, 5.41) is 17.3. The van der Waals surface area contributed by atoms with E-state index in [9.17, 15) is 9.59 Å².